The fourth-order valence-corrected chi connectivity index (χ4v) is 4.22. The Bertz CT molecular complexity index is 418. The Morgan fingerprint density at radius 3 is 2.41 bits per heavy atom. The summed E-state index contributed by atoms with van der Waals surface area (Å²) in [6.45, 7) is 1.14. The average Bonchev–Trinajstić information content (AvgIpc) is 2.98. The van der Waals surface area contributed by atoms with Crippen LogP contribution in [0.15, 0.2) is 0 Å². The molecule has 7 nitrogen and oxygen atoms in total. The molecule has 2 aliphatic heterocycles. The number of halogens is 1. The second-order valence-corrected chi connectivity index (χ2v) is 7.94. The molecule has 2 saturated heterocycles. The molecule has 22 heavy (non-hydrogen) atoms. The van der Waals surface area contributed by atoms with Crippen LogP contribution >= 0.6 is 30.6 Å². The maximum absolute atomic E-state index is 12.4. The van der Waals surface area contributed by atoms with Gasteiger partial charge in [0.25, 0.3) is 0 Å². The van der Waals surface area contributed by atoms with E-state index in [9.17, 15) is 9.67 Å². The van der Waals surface area contributed by atoms with Gasteiger partial charge in [0.2, 0.25) is 0 Å². The molecule has 1 N–H and O–H groups in total. The largest absolute Gasteiger partial charge is 0.394 e. The number of rotatable bonds is 7. The fraction of sp³-hybridized carbons (Fsp3) is 1.00. The molecule has 7 atom stereocenters. The fourth-order valence-electron chi connectivity index (χ4n) is 2.49. The molecule has 4 radical (unpaired) electrons. The summed E-state index contributed by atoms with van der Waals surface area (Å²) >= 11 is 1.78. The van der Waals surface area contributed by atoms with E-state index in [2.05, 4.69) is 0 Å². The van der Waals surface area contributed by atoms with Crippen LogP contribution in [0.4, 0.5) is 0 Å². The highest BCUT2D eigenvalue weighted by molar-refractivity contribution is 14.1. The maximum atomic E-state index is 12.4. The van der Waals surface area contributed by atoms with Gasteiger partial charge in [-0.15, -0.1) is 0 Å². The van der Waals surface area contributed by atoms with Crippen LogP contribution in [0.3, 0.4) is 0 Å². The van der Waals surface area contributed by atoms with Crippen molar-refractivity contribution >= 4 is 46.3 Å². The van der Waals surface area contributed by atoms with Crippen molar-refractivity contribution in [2.24, 2.45) is 0 Å². The molecule has 0 spiro atoms. The van der Waals surface area contributed by atoms with Crippen LogP contribution in [-0.2, 0) is 26.2 Å². The molecule has 2 rings (SSSR count). The molecule has 2 fully saturated rings. The van der Waals surface area contributed by atoms with E-state index in [1.54, 1.807) is 23.0 Å². The zero-order valence-corrected chi connectivity index (χ0v) is 15.2. The van der Waals surface area contributed by atoms with Crippen LogP contribution in [0.2, 0.25) is 0 Å². The SMILES string of the molecule is [B][C@H]1CC(OI)[C@@H](COP(C)(=O)OC2C[C@H]([B])O[C@@H]2CO)O1. The van der Waals surface area contributed by atoms with Crippen LogP contribution in [0.25, 0.3) is 0 Å². The van der Waals surface area contributed by atoms with Crippen molar-refractivity contribution in [3.8, 4) is 0 Å². The highest BCUT2D eigenvalue weighted by Gasteiger charge is 2.39. The monoisotopic (exact) mass is 442 g/mol. The van der Waals surface area contributed by atoms with E-state index in [-0.39, 0.29) is 19.3 Å². The number of hydrogen-bond donors (Lipinski definition) is 1. The van der Waals surface area contributed by atoms with E-state index >= 15 is 0 Å². The predicted octanol–water partition coefficient (Wildman–Crippen LogP) is 0.506. The third-order valence-electron chi connectivity index (χ3n) is 3.55. The Hall–Kier alpha value is 0.850. The van der Waals surface area contributed by atoms with Gasteiger partial charge in [-0.05, 0) is 12.8 Å². The first-order chi connectivity index (χ1) is 10.3. The van der Waals surface area contributed by atoms with E-state index < -0.39 is 37.9 Å². The molecular formula is C11H18B2IO7P. The number of aliphatic hydroxyl groups excluding tert-OH is 1. The Labute approximate surface area is 146 Å². The molecule has 0 aromatic rings. The Morgan fingerprint density at radius 1 is 1.23 bits per heavy atom. The zero-order valence-electron chi connectivity index (χ0n) is 12.2. The molecular weight excluding hydrogens is 424 g/mol. The van der Waals surface area contributed by atoms with Crippen molar-refractivity contribution < 1.29 is 31.3 Å². The highest BCUT2D eigenvalue weighted by atomic mass is 127. The Kier molecular flexibility index (Phi) is 7.23. The molecule has 122 valence electrons. The third kappa shape index (κ3) is 5.17. The molecule has 0 amide bonds. The molecule has 3 unspecified atom stereocenters. The molecule has 0 aliphatic carbocycles. The molecule has 2 aliphatic rings. The Balaban J connectivity index is 1.84. The standard InChI is InChI=1S/C11H18B2IO7P/c1-22(16,21-7-3-11(13)18-8(7)4-15)17-5-9-6(20-14)2-10(12)19-9/h6-11,15H,2-5H2,1H3/t6?,7?,8-,9-,10-,11-,22?/m1/s1. The first-order valence-electron chi connectivity index (χ1n) is 6.95. The van der Waals surface area contributed by atoms with Gasteiger partial charge in [-0.25, -0.2) is 0 Å². The van der Waals surface area contributed by atoms with E-state index in [4.69, 9.17) is 37.3 Å². The maximum Gasteiger partial charge on any atom is 0.328 e. The second kappa shape index (κ2) is 8.29. The Morgan fingerprint density at radius 2 is 1.82 bits per heavy atom. The normalized spacial score (nSPS) is 41.6. The summed E-state index contributed by atoms with van der Waals surface area (Å²) in [7, 11) is 7.98. The van der Waals surface area contributed by atoms with Gasteiger partial charge in [0.1, 0.15) is 57.0 Å². The van der Waals surface area contributed by atoms with Gasteiger partial charge in [-0.1, -0.05) is 0 Å². The van der Waals surface area contributed by atoms with E-state index in [0.29, 0.717) is 12.8 Å². The number of hydrogen-bond acceptors (Lipinski definition) is 7. The molecule has 11 heteroatoms. The molecule has 0 saturated carbocycles. The van der Waals surface area contributed by atoms with Gasteiger partial charge in [-0.2, -0.15) is 0 Å². The summed E-state index contributed by atoms with van der Waals surface area (Å²) in [6.07, 6.45) is -0.906. The van der Waals surface area contributed by atoms with Crippen LogP contribution in [0.1, 0.15) is 12.8 Å². The van der Waals surface area contributed by atoms with Crippen LogP contribution in [0.5, 0.6) is 0 Å². The highest BCUT2D eigenvalue weighted by Crippen LogP contribution is 2.48. The first kappa shape index (κ1) is 19.2. The summed E-state index contributed by atoms with van der Waals surface area (Å²) in [4.78, 5) is 0. The minimum atomic E-state index is -3.35. The topological polar surface area (TPSA) is 83.5 Å². The van der Waals surface area contributed by atoms with Gasteiger partial charge >= 0.3 is 7.60 Å². The molecule has 2 heterocycles. The third-order valence-corrected chi connectivity index (χ3v) is 5.48. The second-order valence-electron chi connectivity index (χ2n) is 5.42. The van der Waals surface area contributed by atoms with Crippen LogP contribution < -0.4 is 0 Å². The summed E-state index contributed by atoms with van der Waals surface area (Å²) in [5.41, 5.74) is 0. The molecule has 0 bridgehead atoms. The summed E-state index contributed by atoms with van der Waals surface area (Å²) < 4.78 is 39.2. The lowest BCUT2D eigenvalue weighted by Crippen LogP contribution is -2.29. The summed E-state index contributed by atoms with van der Waals surface area (Å²) in [6, 6.07) is -0.972. The smallest absolute Gasteiger partial charge is 0.328 e. The van der Waals surface area contributed by atoms with Gasteiger partial charge in [0, 0.05) is 18.7 Å². The van der Waals surface area contributed by atoms with E-state index in [1.807, 2.05) is 0 Å². The van der Waals surface area contributed by atoms with Crippen molar-refractivity contribution in [3.63, 3.8) is 0 Å². The summed E-state index contributed by atoms with van der Waals surface area (Å²) in [5.74, 6) is 0. The molecule has 0 aromatic heterocycles. The quantitative estimate of drug-likeness (QED) is 0.350. The van der Waals surface area contributed by atoms with Gasteiger partial charge in [-0.3, -0.25) is 4.57 Å². The van der Waals surface area contributed by atoms with Crippen LogP contribution in [-0.4, -0.2) is 77.1 Å². The van der Waals surface area contributed by atoms with E-state index in [0.717, 1.165) is 0 Å². The lowest BCUT2D eigenvalue weighted by atomic mass is 9.96. The number of aliphatic hydroxyl groups is 1. The first-order valence-corrected chi connectivity index (χ1v) is 9.82. The zero-order chi connectivity index (χ0) is 16.3. The van der Waals surface area contributed by atoms with Crippen molar-refractivity contribution in [2.45, 2.75) is 49.3 Å². The average molecular weight is 442 g/mol. The lowest BCUT2D eigenvalue weighted by Gasteiger charge is -2.24. The minimum Gasteiger partial charge on any atom is -0.394 e. The summed E-state index contributed by atoms with van der Waals surface area (Å²) in [5, 5.41) is 9.21. The van der Waals surface area contributed by atoms with Gasteiger partial charge < -0.3 is 26.7 Å². The van der Waals surface area contributed by atoms with Crippen molar-refractivity contribution in [3.05, 3.63) is 0 Å². The predicted molar refractivity (Wildman–Crippen MR) is 88.4 cm³/mol. The van der Waals surface area contributed by atoms with Gasteiger partial charge in [0.15, 0.2) is 0 Å². The van der Waals surface area contributed by atoms with Crippen molar-refractivity contribution in [1.82, 2.24) is 0 Å². The van der Waals surface area contributed by atoms with Crippen LogP contribution in [0, 0.1) is 0 Å². The van der Waals surface area contributed by atoms with Crippen molar-refractivity contribution in [2.75, 3.05) is 19.9 Å². The lowest BCUT2D eigenvalue weighted by molar-refractivity contribution is -0.00919. The minimum absolute atomic E-state index is 0.0402. The van der Waals surface area contributed by atoms with Crippen molar-refractivity contribution in [1.29, 1.82) is 0 Å². The number of ether oxygens (including phenoxy) is 2. The van der Waals surface area contributed by atoms with Gasteiger partial charge in [0.05, 0.1) is 19.3 Å². The van der Waals surface area contributed by atoms with E-state index in [1.165, 1.54) is 6.66 Å². The molecule has 0 aromatic carbocycles.